The average molecular weight is 227 g/mol. The van der Waals surface area contributed by atoms with Gasteiger partial charge in [0, 0.05) is 36.8 Å². The van der Waals surface area contributed by atoms with Gasteiger partial charge < -0.3 is 4.90 Å². The monoisotopic (exact) mass is 226 g/mol. The standard InChI is InChI=1S/C10H11ClN2O2/c11-7-8-6-9(13(14)15)2-3-10(8)12-4-1-5-12/h2-3,6H,1,4-5,7H2. The number of hydrogen-bond donors (Lipinski definition) is 0. The highest BCUT2D eigenvalue weighted by atomic mass is 35.5. The van der Waals surface area contributed by atoms with Crippen molar-refractivity contribution in [2.45, 2.75) is 12.3 Å². The van der Waals surface area contributed by atoms with Crippen LogP contribution in [-0.4, -0.2) is 18.0 Å². The number of rotatable bonds is 3. The molecule has 0 radical (unpaired) electrons. The maximum Gasteiger partial charge on any atom is 0.269 e. The van der Waals surface area contributed by atoms with Gasteiger partial charge >= 0.3 is 0 Å². The Morgan fingerprint density at radius 2 is 2.20 bits per heavy atom. The van der Waals surface area contributed by atoms with E-state index in [1.165, 1.54) is 12.5 Å². The van der Waals surface area contributed by atoms with Crippen molar-refractivity contribution >= 4 is 23.0 Å². The van der Waals surface area contributed by atoms with E-state index in [2.05, 4.69) is 4.90 Å². The van der Waals surface area contributed by atoms with Crippen LogP contribution in [0.25, 0.3) is 0 Å². The summed E-state index contributed by atoms with van der Waals surface area (Å²) in [6.07, 6.45) is 1.18. The van der Waals surface area contributed by atoms with Gasteiger partial charge in [-0.1, -0.05) is 0 Å². The van der Waals surface area contributed by atoms with Crippen LogP contribution in [0.5, 0.6) is 0 Å². The van der Waals surface area contributed by atoms with Gasteiger partial charge in [-0.3, -0.25) is 10.1 Å². The molecule has 80 valence electrons. The fraction of sp³-hybridized carbons (Fsp3) is 0.400. The SMILES string of the molecule is O=[N+]([O-])c1ccc(N2CCC2)c(CCl)c1. The zero-order valence-corrected chi connectivity index (χ0v) is 8.91. The third-order valence-electron chi connectivity index (χ3n) is 2.61. The lowest BCUT2D eigenvalue weighted by atomic mass is 10.1. The Kier molecular flexibility index (Phi) is 2.77. The van der Waals surface area contributed by atoms with E-state index in [0.29, 0.717) is 5.88 Å². The van der Waals surface area contributed by atoms with Crippen molar-refractivity contribution in [3.8, 4) is 0 Å². The molecule has 0 unspecified atom stereocenters. The van der Waals surface area contributed by atoms with Gasteiger partial charge in [-0.25, -0.2) is 0 Å². The van der Waals surface area contributed by atoms with E-state index >= 15 is 0 Å². The molecule has 0 amide bonds. The molecule has 1 aromatic rings. The fourth-order valence-electron chi connectivity index (χ4n) is 1.66. The highest BCUT2D eigenvalue weighted by Gasteiger charge is 2.19. The summed E-state index contributed by atoms with van der Waals surface area (Å²) in [6, 6.07) is 4.87. The predicted octanol–water partition coefficient (Wildman–Crippen LogP) is 2.54. The molecule has 0 N–H and O–H groups in total. The maximum absolute atomic E-state index is 10.6. The first-order chi connectivity index (χ1) is 7.22. The van der Waals surface area contributed by atoms with E-state index in [-0.39, 0.29) is 5.69 Å². The van der Waals surface area contributed by atoms with Gasteiger partial charge in [0.15, 0.2) is 0 Å². The van der Waals surface area contributed by atoms with Gasteiger partial charge in [-0.05, 0) is 18.1 Å². The van der Waals surface area contributed by atoms with E-state index in [9.17, 15) is 10.1 Å². The molecule has 1 aliphatic heterocycles. The number of nitro groups is 1. The fourth-order valence-corrected chi connectivity index (χ4v) is 1.87. The summed E-state index contributed by atoms with van der Waals surface area (Å²) in [5.74, 6) is 0.313. The lowest BCUT2D eigenvalue weighted by molar-refractivity contribution is -0.384. The first-order valence-electron chi connectivity index (χ1n) is 4.80. The summed E-state index contributed by atoms with van der Waals surface area (Å²) in [5, 5.41) is 10.6. The van der Waals surface area contributed by atoms with Crippen LogP contribution in [0.4, 0.5) is 11.4 Å². The van der Waals surface area contributed by atoms with Crippen LogP contribution in [0.15, 0.2) is 18.2 Å². The van der Waals surface area contributed by atoms with Gasteiger partial charge in [0.25, 0.3) is 5.69 Å². The van der Waals surface area contributed by atoms with Crippen molar-refractivity contribution in [1.29, 1.82) is 0 Å². The summed E-state index contributed by atoms with van der Waals surface area (Å²) >= 11 is 5.78. The van der Waals surface area contributed by atoms with Crippen LogP contribution in [0.2, 0.25) is 0 Å². The molecular formula is C10H11ClN2O2. The Hall–Kier alpha value is -1.29. The second-order valence-electron chi connectivity index (χ2n) is 3.54. The largest absolute Gasteiger partial charge is 0.371 e. The number of nitro benzene ring substituents is 1. The van der Waals surface area contributed by atoms with E-state index in [1.54, 1.807) is 12.1 Å². The minimum Gasteiger partial charge on any atom is -0.371 e. The van der Waals surface area contributed by atoms with Crippen LogP contribution in [0.3, 0.4) is 0 Å². The first-order valence-corrected chi connectivity index (χ1v) is 5.34. The Bertz CT molecular complexity index is 391. The third kappa shape index (κ3) is 1.90. The number of benzene rings is 1. The smallest absolute Gasteiger partial charge is 0.269 e. The molecule has 1 fully saturated rings. The van der Waals surface area contributed by atoms with E-state index in [1.807, 2.05) is 0 Å². The Labute approximate surface area is 92.6 Å². The topological polar surface area (TPSA) is 46.4 Å². The van der Waals surface area contributed by atoms with Crippen molar-refractivity contribution in [3.63, 3.8) is 0 Å². The van der Waals surface area contributed by atoms with Gasteiger partial charge in [0.05, 0.1) is 4.92 Å². The lowest BCUT2D eigenvalue weighted by Gasteiger charge is -2.34. The predicted molar refractivity (Wildman–Crippen MR) is 59.5 cm³/mol. The van der Waals surface area contributed by atoms with Gasteiger partial charge in [-0.15, -0.1) is 11.6 Å². The third-order valence-corrected chi connectivity index (χ3v) is 2.90. The van der Waals surface area contributed by atoms with Crippen molar-refractivity contribution in [1.82, 2.24) is 0 Å². The second kappa shape index (κ2) is 4.06. The number of anilines is 1. The van der Waals surface area contributed by atoms with E-state index in [0.717, 1.165) is 24.3 Å². The molecule has 1 aromatic carbocycles. The minimum absolute atomic E-state index is 0.106. The molecule has 0 saturated carbocycles. The highest BCUT2D eigenvalue weighted by molar-refractivity contribution is 6.17. The molecule has 1 aliphatic rings. The van der Waals surface area contributed by atoms with Crippen LogP contribution < -0.4 is 4.90 Å². The number of alkyl halides is 1. The number of nitrogens with zero attached hydrogens (tertiary/aromatic N) is 2. The summed E-state index contributed by atoms with van der Waals surface area (Å²) < 4.78 is 0. The summed E-state index contributed by atoms with van der Waals surface area (Å²) in [5.41, 5.74) is 1.97. The molecule has 4 nitrogen and oxygen atoms in total. The highest BCUT2D eigenvalue weighted by Crippen LogP contribution is 2.29. The normalized spacial score (nSPS) is 14.9. The Balaban J connectivity index is 2.34. The average Bonchev–Trinajstić information content (AvgIpc) is 2.15. The lowest BCUT2D eigenvalue weighted by Crippen LogP contribution is -2.37. The molecule has 0 bridgehead atoms. The van der Waals surface area contributed by atoms with Gasteiger partial charge in [0.1, 0.15) is 0 Å². The second-order valence-corrected chi connectivity index (χ2v) is 3.81. The first kappa shape index (κ1) is 10.2. The van der Waals surface area contributed by atoms with Crippen LogP contribution >= 0.6 is 11.6 Å². The summed E-state index contributed by atoms with van der Waals surface area (Å²) in [4.78, 5) is 12.4. The van der Waals surface area contributed by atoms with E-state index < -0.39 is 4.92 Å². The maximum atomic E-state index is 10.6. The van der Waals surface area contributed by atoms with Gasteiger partial charge in [-0.2, -0.15) is 0 Å². The van der Waals surface area contributed by atoms with Crippen molar-refractivity contribution in [2.24, 2.45) is 0 Å². The molecule has 0 atom stereocenters. The zero-order valence-electron chi connectivity index (χ0n) is 8.15. The summed E-state index contributed by atoms with van der Waals surface area (Å²) in [6.45, 7) is 2.03. The molecule has 5 heteroatoms. The molecule has 1 heterocycles. The van der Waals surface area contributed by atoms with Crippen LogP contribution in [-0.2, 0) is 5.88 Å². The van der Waals surface area contributed by atoms with Crippen molar-refractivity contribution in [3.05, 3.63) is 33.9 Å². The molecular weight excluding hydrogens is 216 g/mol. The molecule has 0 aliphatic carbocycles. The molecule has 0 spiro atoms. The number of non-ortho nitro benzene ring substituents is 1. The van der Waals surface area contributed by atoms with Crippen LogP contribution in [0, 0.1) is 10.1 Å². The van der Waals surface area contributed by atoms with Crippen LogP contribution in [0.1, 0.15) is 12.0 Å². The Morgan fingerprint density at radius 1 is 1.47 bits per heavy atom. The Morgan fingerprint density at radius 3 is 2.67 bits per heavy atom. The van der Waals surface area contributed by atoms with E-state index in [4.69, 9.17) is 11.6 Å². The minimum atomic E-state index is -0.393. The molecule has 2 rings (SSSR count). The molecule has 1 saturated heterocycles. The number of halogens is 1. The number of hydrogen-bond acceptors (Lipinski definition) is 3. The van der Waals surface area contributed by atoms with Crippen molar-refractivity contribution < 1.29 is 4.92 Å². The molecule has 0 aromatic heterocycles. The molecule has 15 heavy (non-hydrogen) atoms. The quantitative estimate of drug-likeness (QED) is 0.452. The summed E-state index contributed by atoms with van der Waals surface area (Å²) in [7, 11) is 0. The zero-order chi connectivity index (χ0) is 10.8. The van der Waals surface area contributed by atoms with Crippen molar-refractivity contribution in [2.75, 3.05) is 18.0 Å². The van der Waals surface area contributed by atoms with Gasteiger partial charge in [0.2, 0.25) is 0 Å².